The highest BCUT2D eigenvalue weighted by molar-refractivity contribution is 6.06. The van der Waals surface area contributed by atoms with Crippen molar-refractivity contribution in [3.8, 4) is 5.69 Å². The van der Waals surface area contributed by atoms with Crippen molar-refractivity contribution in [3.63, 3.8) is 0 Å². The van der Waals surface area contributed by atoms with Gasteiger partial charge in [0.05, 0.1) is 28.0 Å². The molecule has 2 heterocycles. The first-order chi connectivity index (χ1) is 16.1. The molecule has 3 aromatic carbocycles. The maximum atomic E-state index is 13.0. The third-order valence-electron chi connectivity index (χ3n) is 6.18. The molecule has 1 saturated heterocycles. The van der Waals surface area contributed by atoms with Gasteiger partial charge in [-0.25, -0.2) is 4.98 Å². The molecule has 4 aromatic rings. The maximum absolute atomic E-state index is 13.0. The molecule has 1 aliphatic rings. The number of para-hydroxylation sites is 3. The van der Waals surface area contributed by atoms with Crippen molar-refractivity contribution in [3.05, 3.63) is 94.5 Å². The smallest absolute Gasteiger partial charge is 0.265 e. The first-order valence-electron chi connectivity index (χ1n) is 11.4. The summed E-state index contributed by atoms with van der Waals surface area (Å²) in [6, 6.07) is 22.3. The lowest BCUT2D eigenvalue weighted by atomic mass is 10.1. The predicted octanol–water partition coefficient (Wildman–Crippen LogP) is 4.94. The number of aromatic nitrogens is 2. The summed E-state index contributed by atoms with van der Waals surface area (Å²) >= 11 is 0. The van der Waals surface area contributed by atoms with Gasteiger partial charge in [-0.05, 0) is 74.7 Å². The number of fused-ring (bicyclic) bond motifs is 1. The van der Waals surface area contributed by atoms with Crippen molar-refractivity contribution in [2.24, 2.45) is 0 Å². The SMILES string of the molecule is Cc1nc2ccccc2c(=O)n1-c1ccc(C(=O)Nc2ccccc2N2CCCCC2)cc1. The molecule has 33 heavy (non-hydrogen) atoms. The normalized spacial score (nSPS) is 13.8. The summed E-state index contributed by atoms with van der Waals surface area (Å²) in [5.41, 5.74) is 3.66. The van der Waals surface area contributed by atoms with Gasteiger partial charge in [0.25, 0.3) is 11.5 Å². The van der Waals surface area contributed by atoms with E-state index in [-0.39, 0.29) is 11.5 Å². The Bertz CT molecular complexity index is 1370. The number of nitrogens with one attached hydrogen (secondary N) is 1. The quantitative estimate of drug-likeness (QED) is 0.490. The van der Waals surface area contributed by atoms with E-state index >= 15 is 0 Å². The Labute approximate surface area is 192 Å². The van der Waals surface area contributed by atoms with Crippen LogP contribution in [0.5, 0.6) is 0 Å². The lowest BCUT2D eigenvalue weighted by molar-refractivity contribution is 0.102. The molecular weight excluding hydrogens is 412 g/mol. The minimum absolute atomic E-state index is 0.120. The minimum Gasteiger partial charge on any atom is -0.370 e. The van der Waals surface area contributed by atoms with E-state index in [1.165, 1.54) is 19.3 Å². The van der Waals surface area contributed by atoms with Crippen LogP contribution >= 0.6 is 0 Å². The van der Waals surface area contributed by atoms with E-state index in [2.05, 4.69) is 21.3 Å². The van der Waals surface area contributed by atoms with Gasteiger partial charge >= 0.3 is 0 Å². The van der Waals surface area contributed by atoms with Crippen LogP contribution in [0.1, 0.15) is 35.4 Å². The standard InChI is InChI=1S/C27H26N4O2/c1-19-28-23-10-4-3-9-22(23)27(33)31(19)21-15-13-20(14-16-21)26(32)29-24-11-5-6-12-25(24)30-17-7-2-8-18-30/h3-6,9-16H,2,7-8,17-18H2,1H3,(H,29,32). The fourth-order valence-electron chi connectivity index (χ4n) is 4.49. The zero-order valence-corrected chi connectivity index (χ0v) is 18.6. The van der Waals surface area contributed by atoms with Gasteiger partial charge in [0.2, 0.25) is 0 Å². The fraction of sp³-hybridized carbons (Fsp3) is 0.222. The van der Waals surface area contributed by atoms with Crippen molar-refractivity contribution >= 4 is 28.2 Å². The minimum atomic E-state index is -0.174. The Hall–Kier alpha value is -3.93. The summed E-state index contributed by atoms with van der Waals surface area (Å²) < 4.78 is 1.58. The van der Waals surface area contributed by atoms with E-state index in [0.29, 0.717) is 28.0 Å². The van der Waals surface area contributed by atoms with E-state index in [9.17, 15) is 9.59 Å². The van der Waals surface area contributed by atoms with Crippen LogP contribution in [0, 0.1) is 6.92 Å². The Kier molecular flexibility index (Phi) is 5.65. The van der Waals surface area contributed by atoms with E-state index < -0.39 is 0 Å². The first kappa shape index (κ1) is 20.9. The van der Waals surface area contributed by atoms with Crippen LogP contribution in [-0.2, 0) is 0 Å². The average molecular weight is 439 g/mol. The first-order valence-corrected chi connectivity index (χ1v) is 11.4. The molecule has 6 heteroatoms. The van der Waals surface area contributed by atoms with Crippen LogP contribution in [0.3, 0.4) is 0 Å². The molecule has 1 amide bonds. The van der Waals surface area contributed by atoms with Gasteiger partial charge in [-0.2, -0.15) is 0 Å². The zero-order chi connectivity index (χ0) is 22.8. The largest absolute Gasteiger partial charge is 0.370 e. The van der Waals surface area contributed by atoms with Crippen molar-refractivity contribution in [2.45, 2.75) is 26.2 Å². The molecule has 0 atom stereocenters. The highest BCUT2D eigenvalue weighted by Gasteiger charge is 2.16. The third-order valence-corrected chi connectivity index (χ3v) is 6.18. The molecule has 1 fully saturated rings. The summed E-state index contributed by atoms with van der Waals surface area (Å²) in [6.07, 6.45) is 3.60. The van der Waals surface area contributed by atoms with Gasteiger partial charge in [-0.15, -0.1) is 0 Å². The number of amides is 1. The molecule has 0 aliphatic carbocycles. The lowest BCUT2D eigenvalue weighted by Gasteiger charge is -2.30. The monoisotopic (exact) mass is 438 g/mol. The second kappa shape index (κ2) is 8.90. The summed E-state index contributed by atoms with van der Waals surface area (Å²) in [4.78, 5) is 32.9. The number of aryl methyl sites for hydroxylation is 1. The van der Waals surface area contributed by atoms with Crippen molar-refractivity contribution in [1.29, 1.82) is 0 Å². The van der Waals surface area contributed by atoms with E-state index in [1.807, 2.05) is 43.3 Å². The number of hydrogen-bond donors (Lipinski definition) is 1. The molecule has 5 rings (SSSR count). The van der Waals surface area contributed by atoms with E-state index in [4.69, 9.17) is 0 Å². The number of carbonyl (C=O) groups excluding carboxylic acids is 1. The Morgan fingerprint density at radius 2 is 1.58 bits per heavy atom. The summed E-state index contributed by atoms with van der Waals surface area (Å²) in [5.74, 6) is 0.429. The zero-order valence-electron chi connectivity index (χ0n) is 18.6. The van der Waals surface area contributed by atoms with Crippen LogP contribution in [-0.4, -0.2) is 28.5 Å². The number of benzene rings is 3. The molecule has 0 spiro atoms. The third kappa shape index (κ3) is 4.12. The van der Waals surface area contributed by atoms with Crippen molar-refractivity contribution in [2.75, 3.05) is 23.3 Å². The van der Waals surface area contributed by atoms with Crippen LogP contribution < -0.4 is 15.8 Å². The molecule has 1 aromatic heterocycles. The molecule has 0 unspecified atom stereocenters. The molecule has 6 nitrogen and oxygen atoms in total. The van der Waals surface area contributed by atoms with Crippen molar-refractivity contribution in [1.82, 2.24) is 9.55 Å². The molecular formula is C27H26N4O2. The number of anilines is 2. The van der Waals surface area contributed by atoms with Crippen molar-refractivity contribution < 1.29 is 4.79 Å². The average Bonchev–Trinajstić information content (AvgIpc) is 2.85. The molecule has 1 N–H and O–H groups in total. The lowest BCUT2D eigenvalue weighted by Crippen LogP contribution is -2.30. The molecule has 0 radical (unpaired) electrons. The van der Waals surface area contributed by atoms with Gasteiger partial charge in [-0.1, -0.05) is 24.3 Å². The second-order valence-electron chi connectivity index (χ2n) is 8.38. The van der Waals surface area contributed by atoms with Gasteiger partial charge in [0.1, 0.15) is 5.82 Å². The van der Waals surface area contributed by atoms with Crippen LogP contribution in [0.25, 0.3) is 16.6 Å². The van der Waals surface area contributed by atoms with Gasteiger partial charge in [0.15, 0.2) is 0 Å². The van der Waals surface area contributed by atoms with Gasteiger partial charge in [-0.3, -0.25) is 14.2 Å². The number of nitrogens with zero attached hydrogens (tertiary/aromatic N) is 3. The van der Waals surface area contributed by atoms with Crippen LogP contribution in [0.2, 0.25) is 0 Å². The van der Waals surface area contributed by atoms with Gasteiger partial charge in [0, 0.05) is 18.7 Å². The Morgan fingerprint density at radius 1 is 0.879 bits per heavy atom. The second-order valence-corrected chi connectivity index (χ2v) is 8.38. The number of rotatable bonds is 4. The van der Waals surface area contributed by atoms with Crippen LogP contribution in [0.15, 0.2) is 77.6 Å². The maximum Gasteiger partial charge on any atom is 0.265 e. The van der Waals surface area contributed by atoms with E-state index in [1.54, 1.807) is 34.9 Å². The molecule has 1 aliphatic heterocycles. The topological polar surface area (TPSA) is 67.2 Å². The molecule has 0 bridgehead atoms. The summed E-state index contributed by atoms with van der Waals surface area (Å²) in [5, 5.41) is 3.64. The Morgan fingerprint density at radius 3 is 2.36 bits per heavy atom. The van der Waals surface area contributed by atoms with Crippen LogP contribution in [0.4, 0.5) is 11.4 Å². The Balaban J connectivity index is 1.41. The van der Waals surface area contributed by atoms with E-state index in [0.717, 1.165) is 24.5 Å². The fourth-order valence-corrected chi connectivity index (χ4v) is 4.49. The summed E-state index contributed by atoms with van der Waals surface area (Å²) in [7, 11) is 0. The number of carbonyl (C=O) groups is 1. The number of hydrogen-bond acceptors (Lipinski definition) is 4. The van der Waals surface area contributed by atoms with Gasteiger partial charge < -0.3 is 10.2 Å². The molecule has 166 valence electrons. The predicted molar refractivity (Wildman–Crippen MR) is 133 cm³/mol. The highest BCUT2D eigenvalue weighted by atomic mass is 16.1. The highest BCUT2D eigenvalue weighted by Crippen LogP contribution is 2.28. The summed E-state index contributed by atoms with van der Waals surface area (Å²) in [6.45, 7) is 3.83. The number of piperidine rings is 1. The molecule has 0 saturated carbocycles.